The number of aromatic nitrogens is 1. The standard InChI is InChI=1S/C25H18N4O6S3/c1-35-25(32)19-18(16-5-3-11-37-16)20(22(30)27-13-6-8-14(9-7-13)29(33)34)24-28(21(19)26)23(31)17(38-24)12-15-4-2-10-36-15/h2-12,18H,26H2,1H3,(H,27,30)/b17-12+. The van der Waals surface area contributed by atoms with Crippen molar-refractivity contribution < 1.29 is 19.2 Å². The van der Waals surface area contributed by atoms with E-state index in [0.717, 1.165) is 16.2 Å². The Morgan fingerprint density at radius 2 is 1.82 bits per heavy atom. The van der Waals surface area contributed by atoms with Crippen LogP contribution in [0.2, 0.25) is 0 Å². The Bertz CT molecular complexity index is 1770. The number of methoxy groups -OCH3 is 1. The van der Waals surface area contributed by atoms with Crippen LogP contribution < -0.4 is 25.8 Å². The van der Waals surface area contributed by atoms with Crippen molar-refractivity contribution in [2.45, 2.75) is 5.92 Å². The van der Waals surface area contributed by atoms with Crippen LogP contribution >= 0.6 is 34.0 Å². The molecule has 13 heteroatoms. The van der Waals surface area contributed by atoms with Gasteiger partial charge >= 0.3 is 5.97 Å². The normalized spacial score (nSPS) is 15.3. The first-order chi connectivity index (χ1) is 18.3. The largest absolute Gasteiger partial charge is 0.466 e. The molecule has 5 rings (SSSR count). The lowest BCUT2D eigenvalue weighted by Gasteiger charge is -2.26. The number of thiazole rings is 1. The predicted octanol–water partition coefficient (Wildman–Crippen LogP) is 2.66. The van der Waals surface area contributed by atoms with E-state index >= 15 is 0 Å². The highest BCUT2D eigenvalue weighted by Gasteiger charge is 2.39. The SMILES string of the molecule is COC(=O)C1=C(N)n2c(s/c(=C/c3cccs3)c2=O)=C(C(=O)Nc2ccc([N+](=O)[O-])cc2)C1c1cccs1. The Hall–Kier alpha value is -4.33. The molecular weight excluding hydrogens is 548 g/mol. The zero-order valence-electron chi connectivity index (χ0n) is 19.6. The fraction of sp³-hybridized carbons (Fsp3) is 0.0800. The number of hydrogen-bond acceptors (Lipinski definition) is 10. The molecule has 38 heavy (non-hydrogen) atoms. The third kappa shape index (κ3) is 4.47. The molecule has 0 radical (unpaired) electrons. The van der Waals surface area contributed by atoms with Gasteiger partial charge in [-0.05, 0) is 41.1 Å². The van der Waals surface area contributed by atoms with Gasteiger partial charge in [-0.2, -0.15) is 0 Å². The molecule has 1 aliphatic heterocycles. The molecule has 0 fully saturated rings. The van der Waals surface area contributed by atoms with Gasteiger partial charge in [0.1, 0.15) is 10.5 Å². The van der Waals surface area contributed by atoms with E-state index in [1.54, 1.807) is 23.6 Å². The summed E-state index contributed by atoms with van der Waals surface area (Å²) in [5.41, 5.74) is 6.25. The van der Waals surface area contributed by atoms with Gasteiger partial charge in [0.05, 0.1) is 33.6 Å². The molecule has 0 bridgehead atoms. The third-order valence-electron chi connectivity index (χ3n) is 5.78. The van der Waals surface area contributed by atoms with Crippen LogP contribution in [0.15, 0.2) is 69.7 Å². The van der Waals surface area contributed by atoms with Crippen LogP contribution in [0.5, 0.6) is 0 Å². The summed E-state index contributed by atoms with van der Waals surface area (Å²) in [6.07, 6.45) is 1.71. The molecule has 4 aromatic rings. The Balaban J connectivity index is 1.77. The number of nitrogens with zero attached hydrogens (tertiary/aromatic N) is 2. The van der Waals surface area contributed by atoms with Gasteiger partial charge in [0, 0.05) is 27.6 Å². The summed E-state index contributed by atoms with van der Waals surface area (Å²) in [5, 5.41) is 17.5. The van der Waals surface area contributed by atoms with Crippen molar-refractivity contribution in [1.82, 2.24) is 4.57 Å². The van der Waals surface area contributed by atoms with Gasteiger partial charge in [-0.3, -0.25) is 24.3 Å². The number of rotatable bonds is 6. The number of hydrogen-bond donors (Lipinski definition) is 2. The molecule has 1 atom stereocenters. The van der Waals surface area contributed by atoms with Crippen molar-refractivity contribution in [1.29, 1.82) is 0 Å². The first kappa shape index (κ1) is 25.3. The van der Waals surface area contributed by atoms with Gasteiger partial charge in [0.25, 0.3) is 17.2 Å². The second-order valence-corrected chi connectivity index (χ2v) is 11.0. The van der Waals surface area contributed by atoms with E-state index < -0.39 is 28.3 Å². The van der Waals surface area contributed by atoms with Crippen molar-refractivity contribution in [3.8, 4) is 0 Å². The van der Waals surface area contributed by atoms with E-state index in [0.29, 0.717) is 15.1 Å². The molecule has 1 amide bonds. The maximum Gasteiger partial charge on any atom is 0.338 e. The maximum absolute atomic E-state index is 13.8. The van der Waals surface area contributed by atoms with Crippen LogP contribution in [0.4, 0.5) is 11.4 Å². The number of nitrogens with two attached hydrogens (primary N) is 1. The molecule has 0 saturated heterocycles. The summed E-state index contributed by atoms with van der Waals surface area (Å²) in [6.45, 7) is 0. The van der Waals surface area contributed by atoms with Crippen LogP contribution in [0.1, 0.15) is 15.7 Å². The Kier molecular flexibility index (Phi) is 6.80. The number of nitrogens with one attached hydrogen (secondary N) is 1. The second-order valence-electron chi connectivity index (χ2n) is 7.98. The monoisotopic (exact) mass is 566 g/mol. The number of thiophene rings is 2. The smallest absolute Gasteiger partial charge is 0.338 e. The fourth-order valence-electron chi connectivity index (χ4n) is 4.09. The number of esters is 1. The number of benzene rings is 1. The summed E-state index contributed by atoms with van der Waals surface area (Å²) in [5.74, 6) is -2.38. The van der Waals surface area contributed by atoms with Crippen LogP contribution in [0.3, 0.4) is 0 Å². The highest BCUT2D eigenvalue weighted by Crippen LogP contribution is 2.39. The van der Waals surface area contributed by atoms with E-state index in [4.69, 9.17) is 10.5 Å². The first-order valence-electron chi connectivity index (χ1n) is 11.0. The molecule has 1 aliphatic rings. The van der Waals surface area contributed by atoms with Crippen LogP contribution in [-0.2, 0) is 14.3 Å². The summed E-state index contributed by atoms with van der Waals surface area (Å²) >= 11 is 3.86. The minimum atomic E-state index is -0.909. The van der Waals surface area contributed by atoms with Crippen molar-refractivity contribution in [3.63, 3.8) is 0 Å². The van der Waals surface area contributed by atoms with Gasteiger partial charge in [-0.25, -0.2) is 4.79 Å². The molecule has 0 aliphatic carbocycles. The minimum absolute atomic E-state index is 0.0288. The molecule has 0 saturated carbocycles. The van der Waals surface area contributed by atoms with Gasteiger partial charge in [-0.1, -0.05) is 12.1 Å². The Morgan fingerprint density at radius 1 is 1.11 bits per heavy atom. The molecular formula is C25H18N4O6S3. The minimum Gasteiger partial charge on any atom is -0.466 e. The number of nitro groups is 1. The lowest BCUT2D eigenvalue weighted by molar-refractivity contribution is -0.384. The van der Waals surface area contributed by atoms with Crippen molar-refractivity contribution in [3.05, 3.63) is 104 Å². The van der Waals surface area contributed by atoms with Crippen LogP contribution in [-0.4, -0.2) is 28.5 Å². The lowest BCUT2D eigenvalue weighted by atomic mass is 9.87. The molecule has 1 unspecified atom stereocenters. The summed E-state index contributed by atoms with van der Waals surface area (Å²) < 4.78 is 6.80. The number of nitro benzene ring substituents is 1. The number of amides is 1. The highest BCUT2D eigenvalue weighted by molar-refractivity contribution is 7.11. The molecule has 4 heterocycles. The average molecular weight is 567 g/mol. The van der Waals surface area contributed by atoms with Crippen LogP contribution in [0, 0.1) is 10.1 Å². The number of anilines is 1. The third-order valence-corrected chi connectivity index (χ3v) is 8.64. The number of fused-ring (bicyclic) bond motifs is 1. The predicted molar refractivity (Wildman–Crippen MR) is 147 cm³/mol. The molecule has 3 N–H and O–H groups in total. The van der Waals surface area contributed by atoms with Gasteiger partial charge < -0.3 is 15.8 Å². The fourth-order valence-corrected chi connectivity index (χ4v) is 6.83. The van der Waals surface area contributed by atoms with E-state index in [2.05, 4.69) is 5.32 Å². The van der Waals surface area contributed by atoms with Gasteiger partial charge in [-0.15, -0.1) is 34.0 Å². The van der Waals surface area contributed by atoms with Crippen molar-refractivity contribution in [2.75, 3.05) is 12.4 Å². The summed E-state index contributed by atoms with van der Waals surface area (Å²) in [7, 11) is 1.20. The number of carbonyl (C=O) groups is 2. The lowest BCUT2D eigenvalue weighted by Crippen LogP contribution is -2.42. The van der Waals surface area contributed by atoms with Gasteiger partial charge in [0.15, 0.2) is 0 Å². The van der Waals surface area contributed by atoms with E-state index in [9.17, 15) is 24.5 Å². The first-order valence-corrected chi connectivity index (χ1v) is 13.6. The van der Waals surface area contributed by atoms with Crippen molar-refractivity contribution >= 4 is 74.7 Å². The molecule has 192 valence electrons. The van der Waals surface area contributed by atoms with Crippen LogP contribution in [0.25, 0.3) is 17.5 Å². The summed E-state index contributed by atoms with van der Waals surface area (Å²) in [6, 6.07) is 12.6. The topological polar surface area (TPSA) is 147 Å². The van der Waals surface area contributed by atoms with Crippen molar-refractivity contribution in [2.24, 2.45) is 5.73 Å². The Labute approximate surface area is 226 Å². The number of ether oxygens (including phenoxy) is 1. The average Bonchev–Trinajstić information content (AvgIpc) is 3.67. The number of non-ortho nitro benzene ring substituents is 1. The molecule has 0 spiro atoms. The highest BCUT2D eigenvalue weighted by atomic mass is 32.1. The molecule has 10 nitrogen and oxygen atoms in total. The maximum atomic E-state index is 13.8. The number of carbonyl (C=O) groups excluding carboxylic acids is 2. The van der Waals surface area contributed by atoms with Gasteiger partial charge in [0.2, 0.25) is 0 Å². The summed E-state index contributed by atoms with van der Waals surface area (Å²) in [4.78, 5) is 52.3. The molecule has 3 aromatic heterocycles. The Morgan fingerprint density at radius 3 is 2.42 bits per heavy atom. The van der Waals surface area contributed by atoms with E-state index in [1.165, 1.54) is 58.6 Å². The zero-order valence-corrected chi connectivity index (χ0v) is 22.0. The van der Waals surface area contributed by atoms with E-state index in [1.807, 2.05) is 17.5 Å². The molecule has 1 aromatic carbocycles. The second kappa shape index (κ2) is 10.2. The zero-order chi connectivity index (χ0) is 27.0. The van der Waals surface area contributed by atoms with E-state index in [-0.39, 0.29) is 27.3 Å². The quantitative estimate of drug-likeness (QED) is 0.207.